The van der Waals surface area contributed by atoms with Gasteiger partial charge in [0.05, 0.1) is 11.4 Å². The highest BCUT2D eigenvalue weighted by molar-refractivity contribution is 5.76. The van der Waals surface area contributed by atoms with Gasteiger partial charge in [0.1, 0.15) is 5.92 Å². The Bertz CT molecular complexity index is 345. The lowest BCUT2D eigenvalue weighted by Crippen LogP contribution is -2.20. The van der Waals surface area contributed by atoms with Crippen molar-refractivity contribution in [2.24, 2.45) is 7.05 Å². The number of carbonyl (C=O) groups is 1. The van der Waals surface area contributed by atoms with Crippen molar-refractivity contribution >= 4 is 5.97 Å². The van der Waals surface area contributed by atoms with Gasteiger partial charge < -0.3 is 5.11 Å². The normalized spacial score (nSPS) is 21.2. The van der Waals surface area contributed by atoms with Crippen LogP contribution in [0.2, 0.25) is 0 Å². The van der Waals surface area contributed by atoms with Gasteiger partial charge in [-0.3, -0.25) is 9.48 Å². The number of carboxylic acids is 1. The number of fused-ring (bicyclic) bond motifs is 1. The standard InChI is InChI=1S/C8H11N3O2/c1-11-7-5(8(12)13)3-2-4-6(7)9-10-11/h5H,2-4H2,1H3,(H,12,13). The molecule has 0 aliphatic heterocycles. The fourth-order valence-electron chi connectivity index (χ4n) is 1.86. The van der Waals surface area contributed by atoms with E-state index in [1.165, 1.54) is 0 Å². The van der Waals surface area contributed by atoms with E-state index < -0.39 is 11.9 Å². The molecule has 2 rings (SSSR count). The third kappa shape index (κ3) is 1.20. The van der Waals surface area contributed by atoms with E-state index >= 15 is 0 Å². The van der Waals surface area contributed by atoms with Gasteiger partial charge >= 0.3 is 5.97 Å². The van der Waals surface area contributed by atoms with Crippen LogP contribution in [0.5, 0.6) is 0 Å². The van der Waals surface area contributed by atoms with Gasteiger partial charge in [0.2, 0.25) is 0 Å². The molecule has 0 amide bonds. The molecule has 1 heterocycles. The van der Waals surface area contributed by atoms with Crippen LogP contribution in [0.25, 0.3) is 0 Å². The molecule has 0 fully saturated rings. The Kier molecular flexibility index (Phi) is 1.79. The summed E-state index contributed by atoms with van der Waals surface area (Å²) < 4.78 is 1.58. The van der Waals surface area contributed by atoms with Gasteiger partial charge in [0.15, 0.2) is 0 Å². The number of hydrogen-bond acceptors (Lipinski definition) is 3. The summed E-state index contributed by atoms with van der Waals surface area (Å²) >= 11 is 0. The molecular weight excluding hydrogens is 170 g/mol. The molecule has 0 saturated carbocycles. The fourth-order valence-corrected chi connectivity index (χ4v) is 1.86. The van der Waals surface area contributed by atoms with E-state index in [1.807, 2.05) is 0 Å². The quantitative estimate of drug-likeness (QED) is 0.677. The van der Waals surface area contributed by atoms with Crippen LogP contribution < -0.4 is 0 Å². The van der Waals surface area contributed by atoms with Gasteiger partial charge in [-0.15, -0.1) is 5.10 Å². The summed E-state index contributed by atoms with van der Waals surface area (Å²) in [5, 5.41) is 16.7. The Balaban J connectivity index is 2.46. The minimum atomic E-state index is -0.772. The maximum atomic E-state index is 10.9. The van der Waals surface area contributed by atoms with Crippen LogP contribution in [0.1, 0.15) is 30.1 Å². The molecule has 0 radical (unpaired) electrons. The SMILES string of the molecule is Cn1nnc2c1C(C(=O)O)CCC2. The average molecular weight is 181 g/mol. The highest BCUT2D eigenvalue weighted by Gasteiger charge is 2.30. The molecule has 1 aromatic rings. The van der Waals surface area contributed by atoms with Crippen LogP contribution in [-0.2, 0) is 18.3 Å². The molecule has 1 unspecified atom stereocenters. The zero-order valence-electron chi connectivity index (χ0n) is 7.40. The Morgan fingerprint density at radius 2 is 2.46 bits per heavy atom. The largest absolute Gasteiger partial charge is 0.481 e. The van der Waals surface area contributed by atoms with Crippen molar-refractivity contribution in [3.8, 4) is 0 Å². The minimum absolute atomic E-state index is 0.413. The number of aryl methyl sites for hydroxylation is 2. The Morgan fingerprint density at radius 3 is 3.15 bits per heavy atom. The molecule has 70 valence electrons. The van der Waals surface area contributed by atoms with Crippen molar-refractivity contribution in [3.05, 3.63) is 11.4 Å². The van der Waals surface area contributed by atoms with Gasteiger partial charge in [-0.05, 0) is 19.3 Å². The van der Waals surface area contributed by atoms with Crippen LogP contribution in [0, 0.1) is 0 Å². The highest BCUT2D eigenvalue weighted by Crippen LogP contribution is 2.29. The van der Waals surface area contributed by atoms with Gasteiger partial charge in [-0.1, -0.05) is 5.21 Å². The summed E-state index contributed by atoms with van der Waals surface area (Å²) in [6.45, 7) is 0. The van der Waals surface area contributed by atoms with Gasteiger partial charge in [-0.2, -0.15) is 0 Å². The fraction of sp³-hybridized carbons (Fsp3) is 0.625. The molecule has 0 saturated heterocycles. The number of aromatic nitrogens is 3. The third-order valence-electron chi connectivity index (χ3n) is 2.48. The van der Waals surface area contributed by atoms with Crippen molar-refractivity contribution in [1.29, 1.82) is 0 Å². The van der Waals surface area contributed by atoms with E-state index in [4.69, 9.17) is 5.11 Å². The summed E-state index contributed by atoms with van der Waals surface area (Å²) in [6, 6.07) is 0. The third-order valence-corrected chi connectivity index (χ3v) is 2.48. The van der Waals surface area contributed by atoms with Crippen molar-refractivity contribution in [1.82, 2.24) is 15.0 Å². The predicted molar refractivity (Wildman–Crippen MR) is 44.3 cm³/mol. The van der Waals surface area contributed by atoms with Crippen molar-refractivity contribution in [2.45, 2.75) is 25.2 Å². The predicted octanol–water partition coefficient (Wildman–Crippen LogP) is 0.320. The first-order chi connectivity index (χ1) is 6.20. The first-order valence-electron chi connectivity index (χ1n) is 4.31. The average Bonchev–Trinajstić information content (AvgIpc) is 2.48. The lowest BCUT2D eigenvalue weighted by Gasteiger charge is -2.17. The molecule has 13 heavy (non-hydrogen) atoms. The molecule has 1 atom stereocenters. The molecule has 5 nitrogen and oxygen atoms in total. The van der Waals surface area contributed by atoms with Crippen LogP contribution >= 0.6 is 0 Å². The second kappa shape index (κ2) is 2.83. The lowest BCUT2D eigenvalue weighted by atomic mass is 9.90. The number of aliphatic carboxylic acids is 1. The molecule has 1 aromatic heterocycles. The molecule has 1 aliphatic rings. The number of carboxylic acid groups (broad SMARTS) is 1. The summed E-state index contributed by atoms with van der Waals surface area (Å²) in [7, 11) is 1.74. The molecule has 0 bridgehead atoms. The van der Waals surface area contributed by atoms with E-state index in [0.717, 1.165) is 24.2 Å². The second-order valence-corrected chi connectivity index (χ2v) is 3.33. The molecule has 0 aromatic carbocycles. The second-order valence-electron chi connectivity index (χ2n) is 3.33. The Morgan fingerprint density at radius 1 is 1.69 bits per heavy atom. The molecule has 5 heteroatoms. The van der Waals surface area contributed by atoms with Crippen LogP contribution in [0.15, 0.2) is 0 Å². The van der Waals surface area contributed by atoms with Crippen LogP contribution in [0.4, 0.5) is 0 Å². The molecule has 1 N–H and O–H groups in total. The Labute approximate surface area is 75.4 Å². The van der Waals surface area contributed by atoms with E-state index in [9.17, 15) is 4.79 Å². The molecule has 0 spiro atoms. The van der Waals surface area contributed by atoms with Crippen LogP contribution in [0.3, 0.4) is 0 Å². The van der Waals surface area contributed by atoms with E-state index in [-0.39, 0.29) is 0 Å². The van der Waals surface area contributed by atoms with Gasteiger partial charge in [0, 0.05) is 7.05 Å². The van der Waals surface area contributed by atoms with Crippen molar-refractivity contribution in [2.75, 3.05) is 0 Å². The monoisotopic (exact) mass is 181 g/mol. The van der Waals surface area contributed by atoms with E-state index in [2.05, 4.69) is 10.3 Å². The maximum Gasteiger partial charge on any atom is 0.312 e. The highest BCUT2D eigenvalue weighted by atomic mass is 16.4. The van der Waals surface area contributed by atoms with Gasteiger partial charge in [-0.25, -0.2) is 0 Å². The van der Waals surface area contributed by atoms with E-state index in [1.54, 1.807) is 11.7 Å². The first kappa shape index (κ1) is 8.22. The number of nitrogens with zero attached hydrogens (tertiary/aromatic N) is 3. The first-order valence-corrected chi connectivity index (χ1v) is 4.31. The summed E-state index contributed by atoms with van der Waals surface area (Å²) in [4.78, 5) is 10.9. The summed E-state index contributed by atoms with van der Waals surface area (Å²) in [5.41, 5.74) is 1.62. The van der Waals surface area contributed by atoms with E-state index in [0.29, 0.717) is 6.42 Å². The molecule has 1 aliphatic carbocycles. The maximum absolute atomic E-state index is 10.9. The lowest BCUT2D eigenvalue weighted by molar-refractivity contribution is -0.139. The van der Waals surface area contributed by atoms with Crippen molar-refractivity contribution in [3.63, 3.8) is 0 Å². The van der Waals surface area contributed by atoms with Gasteiger partial charge in [0.25, 0.3) is 0 Å². The molecular formula is C8H11N3O2. The van der Waals surface area contributed by atoms with Crippen molar-refractivity contribution < 1.29 is 9.90 Å². The zero-order valence-corrected chi connectivity index (χ0v) is 7.40. The topological polar surface area (TPSA) is 68.0 Å². The minimum Gasteiger partial charge on any atom is -0.481 e. The summed E-state index contributed by atoms with van der Waals surface area (Å²) in [5.74, 6) is -1.19. The number of hydrogen-bond donors (Lipinski definition) is 1. The smallest absolute Gasteiger partial charge is 0.312 e. The number of rotatable bonds is 1. The summed E-state index contributed by atoms with van der Waals surface area (Å²) in [6.07, 6.45) is 2.44. The van der Waals surface area contributed by atoms with Crippen LogP contribution in [-0.4, -0.2) is 26.1 Å². The Hall–Kier alpha value is -1.39. The zero-order chi connectivity index (χ0) is 9.42.